The molecule has 0 saturated heterocycles. The molecule has 1 heterocycles. The van der Waals surface area contributed by atoms with E-state index in [4.69, 9.17) is 9.84 Å². The quantitative estimate of drug-likeness (QED) is 0.318. The van der Waals surface area contributed by atoms with E-state index in [0.717, 1.165) is 22.4 Å². The summed E-state index contributed by atoms with van der Waals surface area (Å²) in [5, 5.41) is 14.1. The lowest BCUT2D eigenvalue weighted by molar-refractivity contribution is -0.137. The van der Waals surface area contributed by atoms with Gasteiger partial charge in [-0.3, -0.25) is 4.79 Å². The van der Waals surface area contributed by atoms with E-state index in [9.17, 15) is 22.8 Å². The fraction of sp³-hybridized carbons (Fsp3) is 0.120. The number of aromatic carboxylic acids is 1. The van der Waals surface area contributed by atoms with E-state index in [0.29, 0.717) is 29.7 Å². The summed E-state index contributed by atoms with van der Waals surface area (Å²) in [7, 11) is 0. The van der Waals surface area contributed by atoms with Gasteiger partial charge in [-0.1, -0.05) is 18.2 Å². The van der Waals surface area contributed by atoms with Crippen molar-refractivity contribution in [2.24, 2.45) is 0 Å². The normalized spacial score (nSPS) is 11.4. The van der Waals surface area contributed by atoms with Crippen LogP contribution in [-0.4, -0.2) is 23.5 Å². The van der Waals surface area contributed by atoms with Gasteiger partial charge in [-0.25, -0.2) is 4.79 Å². The summed E-state index contributed by atoms with van der Waals surface area (Å²) in [6.45, 7) is 0.338. The minimum absolute atomic E-state index is 0.193. The second kappa shape index (κ2) is 9.56. The Kier molecular flexibility index (Phi) is 6.56. The Morgan fingerprint density at radius 2 is 1.68 bits per heavy atom. The zero-order chi connectivity index (χ0) is 24.3. The van der Waals surface area contributed by atoms with E-state index in [1.165, 1.54) is 35.6 Å². The number of rotatable bonds is 7. The summed E-state index contributed by atoms with van der Waals surface area (Å²) in [5.74, 6) is -0.717. The number of alkyl halides is 3. The van der Waals surface area contributed by atoms with Crippen molar-refractivity contribution in [2.45, 2.75) is 12.6 Å². The van der Waals surface area contributed by atoms with Crippen LogP contribution in [0.25, 0.3) is 10.1 Å². The number of carbonyl (C=O) groups excluding carboxylic acids is 1. The van der Waals surface area contributed by atoms with Crippen LogP contribution >= 0.6 is 11.3 Å². The molecule has 4 rings (SSSR count). The number of halogens is 3. The third kappa shape index (κ3) is 5.20. The van der Waals surface area contributed by atoms with Gasteiger partial charge in [-0.2, -0.15) is 13.2 Å². The number of benzene rings is 3. The van der Waals surface area contributed by atoms with E-state index in [2.05, 4.69) is 5.32 Å². The molecular weight excluding hydrogens is 467 g/mol. The summed E-state index contributed by atoms with van der Waals surface area (Å²) in [4.78, 5) is 23.8. The Morgan fingerprint density at radius 3 is 2.32 bits per heavy atom. The molecule has 0 aliphatic heterocycles. The van der Waals surface area contributed by atoms with Crippen molar-refractivity contribution in [3.05, 3.63) is 94.4 Å². The smallest absolute Gasteiger partial charge is 0.416 e. The first-order valence-electron chi connectivity index (χ1n) is 10.2. The predicted octanol–water partition coefficient (Wildman–Crippen LogP) is 6.38. The van der Waals surface area contributed by atoms with Crippen LogP contribution < -0.4 is 10.1 Å². The summed E-state index contributed by atoms with van der Waals surface area (Å²) in [6.07, 6.45) is -3.92. The van der Waals surface area contributed by atoms with Gasteiger partial charge >= 0.3 is 12.1 Å². The molecule has 0 bridgehead atoms. The van der Waals surface area contributed by atoms with Crippen LogP contribution in [0.3, 0.4) is 0 Å². The van der Waals surface area contributed by atoms with Gasteiger partial charge in [0.2, 0.25) is 0 Å². The number of carboxylic acid groups (broad SMARTS) is 1. The highest BCUT2D eigenvalue weighted by Crippen LogP contribution is 2.37. The molecule has 0 saturated carbocycles. The van der Waals surface area contributed by atoms with Gasteiger partial charge in [-0.05, 0) is 60.5 Å². The lowest BCUT2D eigenvalue weighted by Crippen LogP contribution is -2.25. The predicted molar refractivity (Wildman–Crippen MR) is 123 cm³/mol. The van der Waals surface area contributed by atoms with Gasteiger partial charge in [0.15, 0.2) is 0 Å². The van der Waals surface area contributed by atoms with E-state index < -0.39 is 17.7 Å². The minimum Gasteiger partial charge on any atom is -0.478 e. The van der Waals surface area contributed by atoms with Crippen LogP contribution in [0.4, 0.5) is 13.2 Å². The van der Waals surface area contributed by atoms with Crippen molar-refractivity contribution < 1.29 is 32.6 Å². The maximum absolute atomic E-state index is 12.9. The largest absolute Gasteiger partial charge is 0.478 e. The average molecular weight is 485 g/mol. The van der Waals surface area contributed by atoms with Gasteiger partial charge in [0.25, 0.3) is 5.91 Å². The SMILES string of the molecule is O=C(O)c1ccc(CCNC(=O)c2csc3cccc(Oc4ccc(C(F)(F)F)cc4)c23)cc1. The van der Waals surface area contributed by atoms with Gasteiger partial charge < -0.3 is 15.2 Å². The van der Waals surface area contributed by atoms with Crippen LogP contribution in [0, 0.1) is 0 Å². The summed E-state index contributed by atoms with van der Waals surface area (Å²) >= 11 is 1.36. The maximum Gasteiger partial charge on any atom is 0.416 e. The monoisotopic (exact) mass is 485 g/mol. The lowest BCUT2D eigenvalue weighted by atomic mass is 10.1. The number of hydrogen-bond donors (Lipinski definition) is 2. The third-order valence-corrected chi connectivity index (χ3v) is 6.06. The molecule has 3 aromatic carbocycles. The summed E-state index contributed by atoms with van der Waals surface area (Å²) < 4.78 is 45.1. The molecular formula is C25H18F3NO4S. The van der Waals surface area contributed by atoms with Crippen LogP contribution in [0.5, 0.6) is 11.5 Å². The molecule has 1 aromatic heterocycles. The highest BCUT2D eigenvalue weighted by molar-refractivity contribution is 7.17. The van der Waals surface area contributed by atoms with E-state index in [1.807, 2.05) is 6.07 Å². The Morgan fingerprint density at radius 1 is 0.971 bits per heavy atom. The van der Waals surface area contributed by atoms with Crippen molar-refractivity contribution in [2.75, 3.05) is 6.54 Å². The first-order chi connectivity index (χ1) is 16.2. The standard InChI is InChI=1S/C25H18F3NO4S/c26-25(27,28)17-8-10-18(11-9-17)33-20-2-1-3-21-22(20)19(14-34-21)23(30)29-13-12-15-4-6-16(7-5-15)24(31)32/h1-11,14H,12-13H2,(H,29,30)(H,31,32). The van der Waals surface area contributed by atoms with Crippen molar-refractivity contribution in [1.82, 2.24) is 5.32 Å². The number of thiophene rings is 1. The molecule has 0 spiro atoms. The number of carbonyl (C=O) groups is 2. The molecule has 0 radical (unpaired) electrons. The van der Waals surface area contributed by atoms with Gasteiger partial charge in [0.1, 0.15) is 11.5 Å². The molecule has 174 valence electrons. The number of hydrogen-bond acceptors (Lipinski definition) is 4. The zero-order valence-electron chi connectivity index (χ0n) is 17.6. The third-order valence-electron chi connectivity index (χ3n) is 5.12. The fourth-order valence-electron chi connectivity index (χ4n) is 3.38. The van der Waals surface area contributed by atoms with Crippen LogP contribution in [0.15, 0.2) is 72.1 Å². The molecule has 34 heavy (non-hydrogen) atoms. The molecule has 1 amide bonds. The van der Waals surface area contributed by atoms with Crippen molar-refractivity contribution >= 4 is 33.3 Å². The molecule has 4 aromatic rings. The maximum atomic E-state index is 12.9. The zero-order valence-corrected chi connectivity index (χ0v) is 18.4. The number of nitrogens with one attached hydrogen (secondary N) is 1. The molecule has 5 nitrogen and oxygen atoms in total. The number of carboxylic acids is 1. The Bertz CT molecular complexity index is 1330. The van der Waals surface area contributed by atoms with Gasteiger partial charge in [0, 0.05) is 22.0 Å². The van der Waals surface area contributed by atoms with Crippen molar-refractivity contribution in [1.29, 1.82) is 0 Å². The molecule has 0 unspecified atom stereocenters. The van der Waals surface area contributed by atoms with Crippen LogP contribution in [0.1, 0.15) is 31.8 Å². The highest BCUT2D eigenvalue weighted by Gasteiger charge is 2.30. The Labute approximate surface area is 196 Å². The summed E-state index contributed by atoms with van der Waals surface area (Å²) in [5.41, 5.74) is 0.708. The van der Waals surface area contributed by atoms with E-state index in [1.54, 1.807) is 29.6 Å². The highest BCUT2D eigenvalue weighted by atomic mass is 32.1. The van der Waals surface area contributed by atoms with Crippen LogP contribution in [0.2, 0.25) is 0 Å². The van der Waals surface area contributed by atoms with Crippen molar-refractivity contribution in [3.8, 4) is 11.5 Å². The number of ether oxygens (including phenoxy) is 1. The number of fused-ring (bicyclic) bond motifs is 1. The molecule has 0 aliphatic rings. The molecule has 9 heteroatoms. The lowest BCUT2D eigenvalue weighted by Gasteiger charge is -2.11. The molecule has 0 aliphatic carbocycles. The fourth-order valence-corrected chi connectivity index (χ4v) is 4.33. The Hall–Kier alpha value is -3.85. The van der Waals surface area contributed by atoms with Gasteiger partial charge in [-0.15, -0.1) is 11.3 Å². The first-order valence-corrected chi connectivity index (χ1v) is 11.1. The Balaban J connectivity index is 1.47. The summed E-state index contributed by atoms with van der Waals surface area (Å²) in [6, 6.07) is 16.0. The van der Waals surface area contributed by atoms with Crippen LogP contribution in [-0.2, 0) is 12.6 Å². The molecule has 0 fully saturated rings. The molecule has 0 atom stereocenters. The average Bonchev–Trinajstić information content (AvgIpc) is 3.24. The first kappa shape index (κ1) is 23.3. The van der Waals surface area contributed by atoms with E-state index in [-0.39, 0.29) is 17.2 Å². The van der Waals surface area contributed by atoms with E-state index >= 15 is 0 Å². The minimum atomic E-state index is -4.44. The number of amides is 1. The second-order valence-corrected chi connectivity index (χ2v) is 8.32. The van der Waals surface area contributed by atoms with Crippen molar-refractivity contribution in [3.63, 3.8) is 0 Å². The second-order valence-electron chi connectivity index (χ2n) is 7.41. The van der Waals surface area contributed by atoms with Gasteiger partial charge in [0.05, 0.1) is 16.7 Å². The molecule has 2 N–H and O–H groups in total. The topological polar surface area (TPSA) is 75.6 Å².